The van der Waals surface area contributed by atoms with Crippen LogP contribution < -0.4 is 0 Å². The van der Waals surface area contributed by atoms with E-state index in [2.05, 4.69) is 0 Å². The first-order valence-corrected chi connectivity index (χ1v) is 0.775. The minimum absolute atomic E-state index is 0. The Morgan fingerprint density at radius 3 is 1.00 bits per heavy atom. The SMILES string of the molecule is OB(O)O.[AsH3]. The summed E-state index contributed by atoms with van der Waals surface area (Å²) >= 11 is 0. The fraction of sp³-hybridized carbons (Fsp3) is 0. The zero-order valence-electron chi connectivity index (χ0n) is 2.63. The van der Waals surface area contributed by atoms with Gasteiger partial charge in [-0.3, -0.25) is 0 Å². The fourth-order valence-electron chi connectivity index (χ4n) is 0. The molecule has 3 nitrogen and oxygen atoms in total. The molecule has 1 unspecified atom stereocenters. The second kappa shape index (κ2) is 4.50. The van der Waals surface area contributed by atoms with Gasteiger partial charge in [0.25, 0.3) is 0 Å². The van der Waals surface area contributed by atoms with E-state index in [1.807, 2.05) is 0 Å². The van der Waals surface area contributed by atoms with Gasteiger partial charge in [-0.05, 0) is 0 Å². The van der Waals surface area contributed by atoms with Crippen LogP contribution in [0.15, 0.2) is 0 Å². The summed E-state index contributed by atoms with van der Waals surface area (Å²) in [5.41, 5.74) is 0. The van der Waals surface area contributed by atoms with Gasteiger partial charge >= 0.3 is 25.3 Å². The number of rotatable bonds is 0. The van der Waals surface area contributed by atoms with E-state index in [1.165, 1.54) is 0 Å². The maximum absolute atomic E-state index is 7.17. The van der Waals surface area contributed by atoms with Crippen molar-refractivity contribution in [1.29, 1.82) is 0 Å². The monoisotopic (exact) mass is 140 g/mol. The molecule has 0 aliphatic heterocycles. The predicted molar refractivity (Wildman–Crippen MR) is 22.3 cm³/mol. The van der Waals surface area contributed by atoms with Crippen LogP contribution >= 0.6 is 0 Å². The second-order valence-corrected chi connectivity index (χ2v) is 0.346. The normalized spacial score (nSPS) is 5.40. The molecule has 0 spiro atoms. The Kier molecular flexibility index (Phi) is 8.19. The van der Waals surface area contributed by atoms with Gasteiger partial charge in [-0.2, -0.15) is 0 Å². The average Bonchev–Trinajstić information content (AvgIpc) is 0.811. The Morgan fingerprint density at radius 1 is 1.00 bits per heavy atom. The van der Waals surface area contributed by atoms with E-state index >= 15 is 0 Å². The van der Waals surface area contributed by atoms with Crippen molar-refractivity contribution in [3.63, 3.8) is 0 Å². The van der Waals surface area contributed by atoms with Gasteiger partial charge in [0.05, 0.1) is 0 Å². The van der Waals surface area contributed by atoms with Crippen molar-refractivity contribution in [2.75, 3.05) is 0 Å². The van der Waals surface area contributed by atoms with Crippen LogP contribution in [0.25, 0.3) is 0 Å². The first-order valence-electron chi connectivity index (χ1n) is 0.775. The summed E-state index contributed by atoms with van der Waals surface area (Å²) in [6.07, 6.45) is 0. The Hall–Kier alpha value is 0.503. The number of hydrogen-bond acceptors (Lipinski definition) is 3. The van der Waals surface area contributed by atoms with Crippen LogP contribution in [0.3, 0.4) is 0 Å². The van der Waals surface area contributed by atoms with E-state index < -0.39 is 7.32 Å². The standard InChI is InChI=1S/AsH3.BH3O3/c;2-1(3)4/h1H3;2-4H. The molecule has 5 heteroatoms. The molecule has 0 radical (unpaired) electrons. The van der Waals surface area contributed by atoms with Gasteiger partial charge in [0, 0.05) is 0 Å². The summed E-state index contributed by atoms with van der Waals surface area (Å²) in [6.45, 7) is 0. The van der Waals surface area contributed by atoms with Crippen molar-refractivity contribution < 1.29 is 15.1 Å². The van der Waals surface area contributed by atoms with Crippen molar-refractivity contribution in [3.8, 4) is 0 Å². The van der Waals surface area contributed by atoms with Crippen LogP contribution in [0.2, 0.25) is 0 Å². The third-order valence-corrected chi connectivity index (χ3v) is 0. The second-order valence-electron chi connectivity index (χ2n) is 0.346. The quantitative estimate of drug-likeness (QED) is 0.310. The van der Waals surface area contributed by atoms with E-state index in [0.717, 1.165) is 0 Å². The van der Waals surface area contributed by atoms with Crippen molar-refractivity contribution in [2.45, 2.75) is 0 Å². The van der Waals surface area contributed by atoms with E-state index in [9.17, 15) is 0 Å². The van der Waals surface area contributed by atoms with Crippen LogP contribution in [0.4, 0.5) is 0 Å². The molecule has 0 fully saturated rings. The molecule has 0 aliphatic rings. The van der Waals surface area contributed by atoms with Crippen molar-refractivity contribution >= 4 is 25.3 Å². The van der Waals surface area contributed by atoms with Crippen molar-refractivity contribution in [1.82, 2.24) is 0 Å². The van der Waals surface area contributed by atoms with E-state index in [-0.39, 0.29) is 18.0 Å². The Morgan fingerprint density at radius 2 is 1.00 bits per heavy atom. The molecule has 0 aliphatic carbocycles. The maximum atomic E-state index is 7.17. The summed E-state index contributed by atoms with van der Waals surface area (Å²) in [7, 11) is -2.17. The molecule has 0 aromatic rings. The van der Waals surface area contributed by atoms with Gasteiger partial charge in [0.2, 0.25) is 0 Å². The minimum atomic E-state index is -2.17. The molecule has 0 rings (SSSR count). The van der Waals surface area contributed by atoms with Gasteiger partial charge in [-0.1, -0.05) is 0 Å². The zero-order chi connectivity index (χ0) is 3.58. The molecule has 32 valence electrons. The van der Waals surface area contributed by atoms with Gasteiger partial charge in [-0.25, -0.2) is 0 Å². The van der Waals surface area contributed by atoms with Crippen LogP contribution in [-0.2, 0) is 0 Å². The van der Waals surface area contributed by atoms with Crippen LogP contribution in [0.5, 0.6) is 0 Å². The molecular formula is H6AsBO3. The third kappa shape index (κ3) is 111. The van der Waals surface area contributed by atoms with Crippen LogP contribution in [-0.4, -0.2) is 40.3 Å². The van der Waals surface area contributed by atoms with Crippen molar-refractivity contribution in [2.24, 2.45) is 0 Å². The van der Waals surface area contributed by atoms with E-state index in [1.54, 1.807) is 0 Å². The van der Waals surface area contributed by atoms with Gasteiger partial charge in [-0.15, -0.1) is 0 Å². The summed E-state index contributed by atoms with van der Waals surface area (Å²) < 4.78 is 0. The predicted octanol–water partition coefficient (Wildman–Crippen LogP) is -3.24. The van der Waals surface area contributed by atoms with Crippen LogP contribution in [0.1, 0.15) is 0 Å². The Balaban J connectivity index is 0. The molecule has 0 saturated heterocycles. The molecule has 0 aromatic heterocycles. The molecule has 0 saturated carbocycles. The Bertz CT molecular complexity index is 11.6. The summed E-state index contributed by atoms with van der Waals surface area (Å²) in [5, 5.41) is 21.5. The van der Waals surface area contributed by atoms with Crippen molar-refractivity contribution in [3.05, 3.63) is 0 Å². The summed E-state index contributed by atoms with van der Waals surface area (Å²) in [4.78, 5) is 0. The molecule has 3 N–H and O–H groups in total. The molecule has 5 heavy (non-hydrogen) atoms. The summed E-state index contributed by atoms with van der Waals surface area (Å²) in [5.74, 6) is 0. The molecule has 0 heterocycles. The average molecular weight is 140 g/mol. The van der Waals surface area contributed by atoms with Gasteiger partial charge < -0.3 is 15.1 Å². The molecule has 0 aromatic carbocycles. The van der Waals surface area contributed by atoms with Crippen LogP contribution in [0, 0.1) is 0 Å². The summed E-state index contributed by atoms with van der Waals surface area (Å²) in [6, 6.07) is 0. The Labute approximate surface area is 41.1 Å². The van der Waals surface area contributed by atoms with Gasteiger partial charge in [0.1, 0.15) is 0 Å². The van der Waals surface area contributed by atoms with E-state index in [4.69, 9.17) is 15.1 Å². The number of hydrogen-bond donors (Lipinski definition) is 3. The fourth-order valence-corrected chi connectivity index (χ4v) is 0. The first-order chi connectivity index (χ1) is 1.73. The topological polar surface area (TPSA) is 60.7 Å². The molecular weight excluding hydrogens is 134 g/mol. The molecule has 1 atom stereocenters. The zero-order valence-corrected chi connectivity index (χ0v) is 5.59. The molecule has 0 amide bonds. The molecule has 0 bridgehead atoms. The third-order valence-electron chi connectivity index (χ3n) is 0. The first kappa shape index (κ1) is 9.09. The van der Waals surface area contributed by atoms with Gasteiger partial charge in [0.15, 0.2) is 0 Å². The van der Waals surface area contributed by atoms with E-state index in [0.29, 0.717) is 0 Å².